The molecule has 76 valence electrons. The predicted molar refractivity (Wildman–Crippen MR) is 61.4 cm³/mol. The van der Waals surface area contributed by atoms with Crippen LogP contribution in [0, 0.1) is 12.3 Å². The fourth-order valence-electron chi connectivity index (χ4n) is 1.62. The van der Waals surface area contributed by atoms with E-state index < -0.39 is 0 Å². The van der Waals surface area contributed by atoms with Gasteiger partial charge in [0.2, 0.25) is 0 Å². The maximum atomic E-state index is 5.91. The number of aryl methyl sites for hydroxylation is 1. The second-order valence-electron chi connectivity index (χ2n) is 4.70. The highest BCUT2D eigenvalue weighted by Gasteiger charge is 2.36. The van der Waals surface area contributed by atoms with Gasteiger partial charge in [-0.25, -0.2) is 0 Å². The SMILES string of the molecule is Cc1cccc(N)c1NCC1(C)CC1. The number of hydrogen-bond acceptors (Lipinski definition) is 2. The highest BCUT2D eigenvalue weighted by molar-refractivity contribution is 5.69. The van der Waals surface area contributed by atoms with Crippen LogP contribution in [0.4, 0.5) is 11.4 Å². The standard InChI is InChI=1S/C12H18N2/c1-9-4-3-5-10(13)11(9)14-8-12(2)6-7-12/h3-5,14H,6-8,13H2,1-2H3. The predicted octanol–water partition coefficient (Wildman–Crippen LogP) is 2.79. The van der Waals surface area contributed by atoms with E-state index in [0.29, 0.717) is 5.41 Å². The summed E-state index contributed by atoms with van der Waals surface area (Å²) in [7, 11) is 0. The summed E-state index contributed by atoms with van der Waals surface area (Å²) < 4.78 is 0. The molecule has 0 amide bonds. The second-order valence-corrected chi connectivity index (χ2v) is 4.70. The number of rotatable bonds is 3. The maximum Gasteiger partial charge on any atom is 0.0603 e. The first-order valence-corrected chi connectivity index (χ1v) is 5.20. The van der Waals surface area contributed by atoms with Crippen molar-refractivity contribution in [2.75, 3.05) is 17.6 Å². The minimum atomic E-state index is 0.523. The summed E-state index contributed by atoms with van der Waals surface area (Å²) in [5.41, 5.74) is 9.63. The lowest BCUT2D eigenvalue weighted by Crippen LogP contribution is -2.13. The molecular formula is C12H18N2. The molecule has 0 unspecified atom stereocenters. The number of nitrogens with one attached hydrogen (secondary N) is 1. The topological polar surface area (TPSA) is 38.0 Å². The van der Waals surface area contributed by atoms with Crippen LogP contribution in [0.1, 0.15) is 25.3 Å². The van der Waals surface area contributed by atoms with Gasteiger partial charge < -0.3 is 11.1 Å². The van der Waals surface area contributed by atoms with Gasteiger partial charge in [0, 0.05) is 6.54 Å². The molecule has 1 fully saturated rings. The molecule has 1 aliphatic carbocycles. The summed E-state index contributed by atoms with van der Waals surface area (Å²) in [6.07, 6.45) is 2.68. The largest absolute Gasteiger partial charge is 0.397 e. The fourth-order valence-corrected chi connectivity index (χ4v) is 1.62. The first-order valence-electron chi connectivity index (χ1n) is 5.20. The molecule has 2 rings (SSSR count). The molecule has 0 spiro atoms. The average Bonchev–Trinajstić information content (AvgIpc) is 2.83. The van der Waals surface area contributed by atoms with Crippen molar-refractivity contribution < 1.29 is 0 Å². The molecule has 0 saturated heterocycles. The van der Waals surface area contributed by atoms with Gasteiger partial charge in [-0.15, -0.1) is 0 Å². The molecule has 0 atom stereocenters. The minimum absolute atomic E-state index is 0.523. The van der Waals surface area contributed by atoms with Crippen molar-refractivity contribution in [2.45, 2.75) is 26.7 Å². The Bertz CT molecular complexity index is 320. The van der Waals surface area contributed by atoms with E-state index in [2.05, 4.69) is 25.2 Å². The van der Waals surface area contributed by atoms with Gasteiger partial charge in [-0.05, 0) is 36.8 Å². The van der Waals surface area contributed by atoms with Crippen molar-refractivity contribution in [3.05, 3.63) is 23.8 Å². The van der Waals surface area contributed by atoms with E-state index in [-0.39, 0.29) is 0 Å². The number of anilines is 2. The quantitative estimate of drug-likeness (QED) is 0.719. The first kappa shape index (κ1) is 9.38. The van der Waals surface area contributed by atoms with Crippen molar-refractivity contribution in [3.63, 3.8) is 0 Å². The van der Waals surface area contributed by atoms with Gasteiger partial charge in [0.15, 0.2) is 0 Å². The number of hydrogen-bond donors (Lipinski definition) is 2. The third-order valence-corrected chi connectivity index (χ3v) is 3.10. The van der Waals surface area contributed by atoms with Crippen LogP contribution in [0.2, 0.25) is 0 Å². The molecule has 0 radical (unpaired) electrons. The summed E-state index contributed by atoms with van der Waals surface area (Å²) >= 11 is 0. The van der Waals surface area contributed by atoms with E-state index in [9.17, 15) is 0 Å². The second kappa shape index (κ2) is 3.19. The molecule has 2 nitrogen and oxygen atoms in total. The van der Waals surface area contributed by atoms with E-state index in [1.807, 2.05) is 12.1 Å². The van der Waals surface area contributed by atoms with Crippen LogP contribution in [-0.2, 0) is 0 Å². The summed E-state index contributed by atoms with van der Waals surface area (Å²) in [5, 5.41) is 3.46. The molecule has 0 bridgehead atoms. The summed E-state index contributed by atoms with van der Waals surface area (Å²) in [5.74, 6) is 0. The van der Waals surface area contributed by atoms with Gasteiger partial charge in [0.05, 0.1) is 11.4 Å². The Morgan fingerprint density at radius 1 is 1.43 bits per heavy atom. The van der Waals surface area contributed by atoms with Crippen molar-refractivity contribution in [1.82, 2.24) is 0 Å². The monoisotopic (exact) mass is 190 g/mol. The lowest BCUT2D eigenvalue weighted by molar-refractivity contribution is 0.610. The average molecular weight is 190 g/mol. The molecule has 1 aliphatic rings. The van der Waals surface area contributed by atoms with Crippen LogP contribution >= 0.6 is 0 Å². The van der Waals surface area contributed by atoms with E-state index in [0.717, 1.165) is 17.9 Å². The third-order valence-electron chi connectivity index (χ3n) is 3.10. The maximum absolute atomic E-state index is 5.91. The van der Waals surface area contributed by atoms with Gasteiger partial charge in [-0.3, -0.25) is 0 Å². The summed E-state index contributed by atoms with van der Waals surface area (Å²) in [6.45, 7) is 5.45. The molecule has 0 aromatic heterocycles. The Morgan fingerprint density at radius 2 is 2.14 bits per heavy atom. The zero-order chi connectivity index (χ0) is 10.2. The van der Waals surface area contributed by atoms with Crippen molar-refractivity contribution >= 4 is 11.4 Å². The lowest BCUT2D eigenvalue weighted by Gasteiger charge is -2.15. The van der Waals surface area contributed by atoms with Crippen LogP contribution in [0.25, 0.3) is 0 Å². The smallest absolute Gasteiger partial charge is 0.0603 e. The third kappa shape index (κ3) is 1.84. The lowest BCUT2D eigenvalue weighted by atomic mass is 10.1. The molecule has 0 aliphatic heterocycles. The highest BCUT2D eigenvalue weighted by Crippen LogP contribution is 2.45. The Kier molecular flexibility index (Phi) is 2.14. The van der Waals surface area contributed by atoms with E-state index in [1.165, 1.54) is 18.4 Å². The Balaban J connectivity index is 2.08. The van der Waals surface area contributed by atoms with Crippen LogP contribution < -0.4 is 11.1 Å². The zero-order valence-electron chi connectivity index (χ0n) is 8.93. The minimum Gasteiger partial charge on any atom is -0.397 e. The summed E-state index contributed by atoms with van der Waals surface area (Å²) in [4.78, 5) is 0. The van der Waals surface area contributed by atoms with Gasteiger partial charge in [0.25, 0.3) is 0 Å². The van der Waals surface area contributed by atoms with Gasteiger partial charge in [-0.1, -0.05) is 19.1 Å². The van der Waals surface area contributed by atoms with Crippen molar-refractivity contribution in [1.29, 1.82) is 0 Å². The molecule has 1 aromatic carbocycles. The first-order chi connectivity index (χ1) is 6.61. The number of para-hydroxylation sites is 1. The molecule has 2 heteroatoms. The van der Waals surface area contributed by atoms with E-state index in [4.69, 9.17) is 5.73 Å². The van der Waals surface area contributed by atoms with Gasteiger partial charge in [0.1, 0.15) is 0 Å². The summed E-state index contributed by atoms with van der Waals surface area (Å²) in [6, 6.07) is 6.03. The van der Waals surface area contributed by atoms with E-state index >= 15 is 0 Å². The molecule has 14 heavy (non-hydrogen) atoms. The Hall–Kier alpha value is -1.18. The van der Waals surface area contributed by atoms with Crippen molar-refractivity contribution in [2.24, 2.45) is 5.41 Å². The fraction of sp³-hybridized carbons (Fsp3) is 0.500. The number of nitrogens with two attached hydrogens (primary N) is 1. The van der Waals surface area contributed by atoms with E-state index in [1.54, 1.807) is 0 Å². The van der Waals surface area contributed by atoms with Crippen LogP contribution in [0.15, 0.2) is 18.2 Å². The number of nitrogen functional groups attached to an aromatic ring is 1. The molecule has 1 saturated carbocycles. The molecule has 1 aromatic rings. The van der Waals surface area contributed by atoms with Crippen LogP contribution in [0.3, 0.4) is 0 Å². The zero-order valence-corrected chi connectivity index (χ0v) is 8.93. The van der Waals surface area contributed by atoms with Gasteiger partial charge in [-0.2, -0.15) is 0 Å². The van der Waals surface area contributed by atoms with Gasteiger partial charge >= 0.3 is 0 Å². The van der Waals surface area contributed by atoms with Crippen LogP contribution in [-0.4, -0.2) is 6.54 Å². The normalized spacial score (nSPS) is 17.9. The highest BCUT2D eigenvalue weighted by atomic mass is 14.9. The van der Waals surface area contributed by atoms with Crippen LogP contribution in [0.5, 0.6) is 0 Å². The Labute approximate surface area is 85.5 Å². The number of benzene rings is 1. The molecule has 0 heterocycles. The molecule has 3 N–H and O–H groups in total. The molecular weight excluding hydrogens is 172 g/mol. The van der Waals surface area contributed by atoms with Crippen molar-refractivity contribution in [3.8, 4) is 0 Å². The Morgan fingerprint density at radius 3 is 2.71 bits per heavy atom.